The van der Waals surface area contributed by atoms with Gasteiger partial charge in [-0.3, -0.25) is 29.9 Å². The Labute approximate surface area is 276 Å². The third kappa shape index (κ3) is 6.09. The van der Waals surface area contributed by atoms with Crippen molar-refractivity contribution in [3.8, 4) is 79.4 Å². The SMILES string of the molecule is [C-]#[N+]c1ccnc(-c2ccc(-c3cc(-c4ccc(-c5cncc(C#N)c5)nc4)cc(-c4ccc(-c5cncc(C#N)c5)nc4)c3)nc2)c1. The van der Waals surface area contributed by atoms with E-state index >= 15 is 0 Å². The standard InChI is InChI=1S/C39H21N9/c1-42-35-8-9-45-39(15-35)29-4-7-36(48-24-29)32-13-30(27-2-5-37(46-22-27)33-10-25(16-40)18-43-20-33)12-31(14-32)28-3-6-38(47-23-28)34-11-26(17-41)19-44-21-34/h2-15,18-24H. The Bertz CT molecular complexity index is 2130. The molecule has 0 aliphatic rings. The van der Waals surface area contributed by atoms with Gasteiger partial charge in [0.2, 0.25) is 0 Å². The van der Waals surface area contributed by atoms with Crippen LogP contribution in [-0.4, -0.2) is 29.9 Å². The van der Waals surface area contributed by atoms with Crippen molar-refractivity contribution < 1.29 is 0 Å². The lowest BCUT2D eigenvalue weighted by molar-refractivity contribution is 1.26. The first-order valence-electron chi connectivity index (χ1n) is 14.7. The number of pyridine rings is 6. The zero-order valence-electron chi connectivity index (χ0n) is 25.1. The zero-order valence-corrected chi connectivity index (χ0v) is 25.1. The molecule has 1 aromatic carbocycles. The molecule has 7 rings (SSSR count). The van der Waals surface area contributed by atoms with E-state index in [1.807, 2.05) is 36.4 Å². The number of nitrogens with zero attached hydrogens (tertiary/aromatic N) is 9. The Kier molecular flexibility index (Phi) is 7.88. The maximum Gasteiger partial charge on any atom is 0.190 e. The third-order valence-electron chi connectivity index (χ3n) is 7.68. The molecule has 0 atom stereocenters. The molecule has 0 fully saturated rings. The van der Waals surface area contributed by atoms with Gasteiger partial charge in [0.15, 0.2) is 5.69 Å². The van der Waals surface area contributed by atoms with Crippen molar-refractivity contribution in [2.75, 3.05) is 0 Å². The molecule has 0 spiro atoms. The van der Waals surface area contributed by atoms with Gasteiger partial charge in [-0.1, -0.05) is 12.1 Å². The van der Waals surface area contributed by atoms with Gasteiger partial charge in [-0.25, -0.2) is 4.85 Å². The Hall–Kier alpha value is -7.41. The number of rotatable bonds is 6. The minimum Gasteiger partial charge on any atom is -0.263 e. The summed E-state index contributed by atoms with van der Waals surface area (Å²) in [5.41, 5.74) is 11.2. The number of hydrogen-bond donors (Lipinski definition) is 0. The minimum atomic E-state index is 0.470. The first kappa shape index (κ1) is 29.3. The fraction of sp³-hybridized carbons (Fsp3) is 0. The highest BCUT2D eigenvalue weighted by atomic mass is 14.7. The monoisotopic (exact) mass is 615 g/mol. The quantitative estimate of drug-likeness (QED) is 0.171. The molecule has 0 radical (unpaired) electrons. The van der Waals surface area contributed by atoms with Gasteiger partial charge in [-0.2, -0.15) is 10.5 Å². The molecule has 48 heavy (non-hydrogen) atoms. The molecule has 9 nitrogen and oxygen atoms in total. The van der Waals surface area contributed by atoms with E-state index in [4.69, 9.17) is 11.6 Å². The number of hydrogen-bond acceptors (Lipinski definition) is 8. The van der Waals surface area contributed by atoms with Crippen LogP contribution in [0, 0.1) is 29.2 Å². The Balaban J connectivity index is 1.28. The van der Waals surface area contributed by atoms with Crippen LogP contribution in [0.3, 0.4) is 0 Å². The van der Waals surface area contributed by atoms with Gasteiger partial charge in [-0.05, 0) is 77.9 Å². The second-order valence-corrected chi connectivity index (χ2v) is 10.8. The third-order valence-corrected chi connectivity index (χ3v) is 7.68. The topological polar surface area (TPSA) is 129 Å². The summed E-state index contributed by atoms with van der Waals surface area (Å²) in [6.45, 7) is 7.32. The van der Waals surface area contributed by atoms with Crippen molar-refractivity contribution in [1.29, 1.82) is 10.5 Å². The van der Waals surface area contributed by atoms with Crippen LogP contribution in [0.4, 0.5) is 5.69 Å². The van der Waals surface area contributed by atoms with Gasteiger partial charge < -0.3 is 0 Å². The normalized spacial score (nSPS) is 10.4. The van der Waals surface area contributed by atoms with Gasteiger partial charge in [0.1, 0.15) is 12.1 Å². The maximum absolute atomic E-state index is 9.28. The van der Waals surface area contributed by atoms with E-state index in [1.54, 1.807) is 61.4 Å². The van der Waals surface area contributed by atoms with Crippen LogP contribution in [0.2, 0.25) is 0 Å². The lowest BCUT2D eigenvalue weighted by atomic mass is 9.95. The van der Waals surface area contributed by atoms with Crippen LogP contribution in [0.5, 0.6) is 0 Å². The predicted molar refractivity (Wildman–Crippen MR) is 182 cm³/mol. The largest absolute Gasteiger partial charge is 0.263 e. The van der Waals surface area contributed by atoms with Gasteiger partial charge >= 0.3 is 0 Å². The van der Waals surface area contributed by atoms with E-state index in [9.17, 15) is 10.5 Å². The van der Waals surface area contributed by atoms with E-state index in [0.717, 1.165) is 50.2 Å². The van der Waals surface area contributed by atoms with Gasteiger partial charge in [0.05, 0.1) is 40.5 Å². The Morgan fingerprint density at radius 2 is 0.938 bits per heavy atom. The van der Waals surface area contributed by atoms with Gasteiger partial charge in [0, 0.05) is 83.0 Å². The van der Waals surface area contributed by atoms with Crippen LogP contribution in [0.1, 0.15) is 11.1 Å². The highest BCUT2D eigenvalue weighted by molar-refractivity contribution is 5.81. The average molecular weight is 616 g/mol. The van der Waals surface area contributed by atoms with Crippen molar-refractivity contribution in [3.05, 3.63) is 151 Å². The smallest absolute Gasteiger partial charge is 0.190 e. The molecule has 0 aliphatic heterocycles. The highest BCUT2D eigenvalue weighted by Gasteiger charge is 2.12. The minimum absolute atomic E-state index is 0.470. The average Bonchev–Trinajstić information content (AvgIpc) is 3.18. The zero-order chi connectivity index (χ0) is 32.9. The van der Waals surface area contributed by atoms with Crippen LogP contribution >= 0.6 is 0 Å². The van der Waals surface area contributed by atoms with E-state index in [-0.39, 0.29) is 0 Å². The fourth-order valence-electron chi connectivity index (χ4n) is 5.22. The summed E-state index contributed by atoms with van der Waals surface area (Å²) in [7, 11) is 0. The molecule has 0 unspecified atom stereocenters. The van der Waals surface area contributed by atoms with E-state index < -0.39 is 0 Å². The van der Waals surface area contributed by atoms with Gasteiger partial charge in [0.25, 0.3) is 0 Å². The van der Waals surface area contributed by atoms with E-state index in [2.05, 4.69) is 60.1 Å². The Morgan fingerprint density at radius 3 is 1.42 bits per heavy atom. The van der Waals surface area contributed by atoms with Gasteiger partial charge in [-0.15, -0.1) is 0 Å². The molecule has 6 aromatic heterocycles. The molecule has 222 valence electrons. The first-order chi connectivity index (χ1) is 23.6. The second kappa shape index (κ2) is 12.9. The molecule has 0 amide bonds. The van der Waals surface area contributed by atoms with Crippen molar-refractivity contribution in [2.45, 2.75) is 0 Å². The summed E-state index contributed by atoms with van der Waals surface area (Å²) < 4.78 is 0. The van der Waals surface area contributed by atoms with Crippen LogP contribution < -0.4 is 0 Å². The molecule has 0 bridgehead atoms. The summed E-state index contributed by atoms with van der Waals surface area (Å²) >= 11 is 0. The maximum atomic E-state index is 9.28. The van der Waals surface area contributed by atoms with Crippen LogP contribution in [0.15, 0.2) is 128 Å². The summed E-state index contributed by atoms with van der Waals surface area (Å²) in [5, 5.41) is 18.6. The molecule has 0 N–H and O–H groups in total. The van der Waals surface area contributed by atoms with E-state index in [0.29, 0.717) is 33.9 Å². The first-order valence-corrected chi connectivity index (χ1v) is 14.7. The number of aromatic nitrogens is 6. The molecule has 9 heteroatoms. The summed E-state index contributed by atoms with van der Waals surface area (Å²) in [6.07, 6.45) is 13.4. The second-order valence-electron chi connectivity index (χ2n) is 10.8. The molecule has 0 aliphatic carbocycles. The molecule has 7 aromatic rings. The summed E-state index contributed by atoms with van der Waals surface area (Å²) in [6, 6.07) is 29.1. The highest BCUT2D eigenvalue weighted by Crippen LogP contribution is 2.34. The van der Waals surface area contributed by atoms with Crippen molar-refractivity contribution in [3.63, 3.8) is 0 Å². The van der Waals surface area contributed by atoms with Crippen LogP contribution in [-0.2, 0) is 0 Å². The van der Waals surface area contributed by atoms with Crippen molar-refractivity contribution in [1.82, 2.24) is 29.9 Å². The number of nitriles is 2. The van der Waals surface area contributed by atoms with Crippen molar-refractivity contribution >= 4 is 5.69 Å². The molecular formula is C39H21N9. The van der Waals surface area contributed by atoms with Crippen molar-refractivity contribution in [2.24, 2.45) is 0 Å². The summed E-state index contributed by atoms with van der Waals surface area (Å²) in [5.74, 6) is 0. The molecule has 0 saturated heterocycles. The van der Waals surface area contributed by atoms with Crippen LogP contribution in [0.25, 0.3) is 72.1 Å². The lowest BCUT2D eigenvalue weighted by Crippen LogP contribution is -1.92. The number of benzene rings is 1. The lowest BCUT2D eigenvalue weighted by Gasteiger charge is -2.12. The van der Waals surface area contributed by atoms with E-state index in [1.165, 1.54) is 12.4 Å². The molecule has 0 saturated carbocycles. The fourth-order valence-corrected chi connectivity index (χ4v) is 5.22. The Morgan fingerprint density at radius 1 is 0.438 bits per heavy atom. The molecule has 6 heterocycles. The molecular weight excluding hydrogens is 594 g/mol. The predicted octanol–water partition coefficient (Wildman–Crippen LogP) is 8.35. The summed E-state index contributed by atoms with van der Waals surface area (Å²) in [4.78, 5) is 30.4.